The Kier molecular flexibility index (Phi) is 2.47. The number of nitrogens with one attached hydrogen (secondary N) is 3. The van der Waals surface area contributed by atoms with Gasteiger partial charge in [-0.25, -0.2) is 4.98 Å². The molecule has 0 saturated heterocycles. The second-order valence-corrected chi connectivity index (χ2v) is 3.44. The highest BCUT2D eigenvalue weighted by Gasteiger charge is 2.12. The second-order valence-electron chi connectivity index (χ2n) is 3.44. The number of ketones is 1. The van der Waals surface area contributed by atoms with Crippen molar-refractivity contribution in [3.05, 3.63) is 16.2 Å². The monoisotopic (exact) mass is 235 g/mol. The Bertz CT molecular complexity index is 669. The first kappa shape index (κ1) is 11.0. The maximum absolute atomic E-state index is 11.6. The minimum Gasteiger partial charge on any atom is -0.330 e. The lowest BCUT2D eigenvalue weighted by molar-refractivity contribution is -0.114. The Morgan fingerprint density at radius 3 is 2.47 bits per heavy atom. The van der Waals surface area contributed by atoms with Crippen molar-refractivity contribution in [1.82, 2.24) is 19.9 Å². The van der Waals surface area contributed by atoms with E-state index in [0.717, 1.165) is 0 Å². The molecule has 0 spiro atoms. The molecule has 17 heavy (non-hydrogen) atoms. The molecule has 8 heteroatoms. The smallest absolute Gasteiger partial charge is 0.278 e. The molecule has 0 radical (unpaired) electrons. The van der Waals surface area contributed by atoms with Crippen LogP contribution in [-0.2, 0) is 4.79 Å². The molecule has 0 saturated carbocycles. The molecule has 3 N–H and O–H groups in total. The Morgan fingerprint density at radius 1 is 1.18 bits per heavy atom. The molecule has 0 atom stereocenters. The van der Waals surface area contributed by atoms with Crippen LogP contribution in [0.1, 0.15) is 24.5 Å². The first-order valence-electron chi connectivity index (χ1n) is 4.76. The van der Waals surface area contributed by atoms with Crippen LogP contribution in [0.5, 0.6) is 0 Å². The van der Waals surface area contributed by atoms with Gasteiger partial charge in [0.05, 0.1) is 0 Å². The van der Waals surface area contributed by atoms with Crippen molar-refractivity contribution in [3.8, 4) is 0 Å². The number of amides is 1. The van der Waals surface area contributed by atoms with Gasteiger partial charge in [0, 0.05) is 13.8 Å². The Labute approximate surface area is 94.5 Å². The van der Waals surface area contributed by atoms with Crippen LogP contribution in [0.25, 0.3) is 11.2 Å². The molecule has 2 aromatic heterocycles. The highest BCUT2D eigenvalue weighted by atomic mass is 16.2. The van der Waals surface area contributed by atoms with Crippen molar-refractivity contribution in [2.75, 3.05) is 5.32 Å². The van der Waals surface area contributed by atoms with Gasteiger partial charge in [0.1, 0.15) is 0 Å². The summed E-state index contributed by atoms with van der Waals surface area (Å²) in [6.45, 7) is 2.61. The summed E-state index contributed by atoms with van der Waals surface area (Å²) < 4.78 is 0. The van der Waals surface area contributed by atoms with Crippen LogP contribution >= 0.6 is 0 Å². The molecular weight excluding hydrogens is 226 g/mol. The van der Waals surface area contributed by atoms with Gasteiger partial charge >= 0.3 is 0 Å². The number of Topliss-reactive ketones (excluding diaryl/α,β-unsaturated/α-hetero) is 1. The van der Waals surface area contributed by atoms with Crippen LogP contribution in [0.2, 0.25) is 0 Å². The van der Waals surface area contributed by atoms with E-state index < -0.39 is 5.56 Å². The van der Waals surface area contributed by atoms with E-state index in [0.29, 0.717) is 0 Å². The molecule has 2 rings (SSSR count). The quantitative estimate of drug-likeness (QED) is 0.623. The highest BCUT2D eigenvalue weighted by molar-refractivity contribution is 5.93. The third-order valence-electron chi connectivity index (χ3n) is 1.99. The predicted molar refractivity (Wildman–Crippen MR) is 58.8 cm³/mol. The number of carbonyl (C=O) groups excluding carboxylic acids is 2. The SMILES string of the molecule is CC(=O)Nc1nc2nc(C(C)=O)[nH]c2c(=O)[nH]1. The first-order valence-corrected chi connectivity index (χ1v) is 4.76. The zero-order valence-corrected chi connectivity index (χ0v) is 9.12. The number of anilines is 1. The van der Waals surface area contributed by atoms with Crippen LogP contribution in [0.15, 0.2) is 4.79 Å². The summed E-state index contributed by atoms with van der Waals surface area (Å²) in [7, 11) is 0. The van der Waals surface area contributed by atoms with Crippen molar-refractivity contribution >= 4 is 28.8 Å². The number of aromatic nitrogens is 4. The van der Waals surface area contributed by atoms with E-state index >= 15 is 0 Å². The van der Waals surface area contributed by atoms with Gasteiger partial charge < -0.3 is 4.98 Å². The summed E-state index contributed by atoms with van der Waals surface area (Å²) >= 11 is 0. The highest BCUT2D eigenvalue weighted by Crippen LogP contribution is 2.06. The topological polar surface area (TPSA) is 121 Å². The van der Waals surface area contributed by atoms with E-state index in [1.165, 1.54) is 13.8 Å². The molecule has 0 aliphatic carbocycles. The Balaban J connectivity index is 2.61. The second kappa shape index (κ2) is 3.81. The van der Waals surface area contributed by atoms with Crippen LogP contribution in [0, 0.1) is 0 Å². The average molecular weight is 235 g/mol. The molecule has 0 aliphatic rings. The lowest BCUT2D eigenvalue weighted by atomic mass is 10.4. The lowest BCUT2D eigenvalue weighted by Gasteiger charge is -1.98. The average Bonchev–Trinajstić information content (AvgIpc) is 2.60. The van der Waals surface area contributed by atoms with Gasteiger partial charge in [0.2, 0.25) is 11.9 Å². The molecule has 88 valence electrons. The van der Waals surface area contributed by atoms with Crippen molar-refractivity contribution in [3.63, 3.8) is 0 Å². The lowest BCUT2D eigenvalue weighted by Crippen LogP contribution is -2.16. The summed E-state index contributed by atoms with van der Waals surface area (Å²) in [5.74, 6) is -0.618. The standard InChI is InChI=1S/C9H9N5O3/c1-3(15)6-11-5-7(12-6)13-9(10-4(2)16)14-8(5)17/h1-2H3,(H3,10,11,12,13,14,16,17). The minimum absolute atomic E-state index is 0.00315. The predicted octanol–water partition coefficient (Wildman–Crippen LogP) is -0.193. The molecule has 0 unspecified atom stereocenters. The van der Waals surface area contributed by atoms with E-state index in [9.17, 15) is 14.4 Å². The van der Waals surface area contributed by atoms with Crippen molar-refractivity contribution < 1.29 is 9.59 Å². The summed E-state index contributed by atoms with van der Waals surface area (Å²) in [6, 6.07) is 0. The van der Waals surface area contributed by atoms with Gasteiger partial charge in [-0.15, -0.1) is 0 Å². The number of hydrogen-bond donors (Lipinski definition) is 3. The maximum atomic E-state index is 11.6. The zero-order chi connectivity index (χ0) is 12.6. The van der Waals surface area contributed by atoms with Crippen LogP contribution in [0.4, 0.5) is 5.95 Å². The Morgan fingerprint density at radius 2 is 1.88 bits per heavy atom. The van der Waals surface area contributed by atoms with E-state index in [1.54, 1.807) is 0 Å². The van der Waals surface area contributed by atoms with Crippen molar-refractivity contribution in [1.29, 1.82) is 0 Å². The number of nitrogens with zero attached hydrogens (tertiary/aromatic N) is 2. The van der Waals surface area contributed by atoms with Gasteiger partial charge in [-0.2, -0.15) is 4.98 Å². The summed E-state index contributed by atoms with van der Waals surface area (Å²) in [5.41, 5.74) is -0.314. The number of rotatable bonds is 2. The van der Waals surface area contributed by atoms with Crippen LogP contribution < -0.4 is 10.9 Å². The largest absolute Gasteiger partial charge is 0.330 e. The van der Waals surface area contributed by atoms with Gasteiger partial charge in [0.15, 0.2) is 22.8 Å². The van der Waals surface area contributed by atoms with E-state index in [1.807, 2.05) is 0 Å². The number of imidazole rings is 1. The number of fused-ring (bicyclic) bond motifs is 1. The minimum atomic E-state index is -0.501. The summed E-state index contributed by atoms with van der Waals surface area (Å²) in [5, 5.41) is 2.33. The molecule has 2 heterocycles. The molecule has 0 bridgehead atoms. The fraction of sp³-hybridized carbons (Fsp3) is 0.222. The summed E-state index contributed by atoms with van der Waals surface area (Å²) in [4.78, 5) is 46.2. The molecule has 1 amide bonds. The van der Waals surface area contributed by atoms with Gasteiger partial charge in [0.25, 0.3) is 5.56 Å². The van der Waals surface area contributed by atoms with Crippen molar-refractivity contribution in [2.45, 2.75) is 13.8 Å². The van der Waals surface area contributed by atoms with Gasteiger partial charge in [-0.05, 0) is 0 Å². The third-order valence-corrected chi connectivity index (χ3v) is 1.99. The third kappa shape index (κ3) is 2.05. The number of aromatic amines is 2. The molecular formula is C9H9N5O3. The number of H-pyrrole nitrogens is 2. The molecule has 0 aromatic carbocycles. The van der Waals surface area contributed by atoms with Gasteiger partial charge in [-0.3, -0.25) is 24.7 Å². The fourth-order valence-corrected chi connectivity index (χ4v) is 1.30. The molecule has 2 aromatic rings. The van der Waals surface area contributed by atoms with E-state index in [4.69, 9.17) is 0 Å². The van der Waals surface area contributed by atoms with E-state index in [2.05, 4.69) is 25.3 Å². The molecule has 0 fully saturated rings. The molecule has 8 nitrogen and oxygen atoms in total. The Hall–Kier alpha value is -2.51. The normalized spacial score (nSPS) is 10.5. The number of hydrogen-bond acceptors (Lipinski definition) is 5. The fourth-order valence-electron chi connectivity index (χ4n) is 1.30. The summed E-state index contributed by atoms with van der Waals surface area (Å²) in [6.07, 6.45) is 0. The van der Waals surface area contributed by atoms with Crippen molar-refractivity contribution in [2.24, 2.45) is 0 Å². The zero-order valence-electron chi connectivity index (χ0n) is 9.12. The van der Waals surface area contributed by atoms with Crippen LogP contribution in [-0.4, -0.2) is 31.6 Å². The maximum Gasteiger partial charge on any atom is 0.278 e. The molecule has 0 aliphatic heterocycles. The van der Waals surface area contributed by atoms with Gasteiger partial charge in [-0.1, -0.05) is 0 Å². The first-order chi connectivity index (χ1) is 7.97. The van der Waals surface area contributed by atoms with E-state index in [-0.39, 0.29) is 34.6 Å². The number of carbonyl (C=O) groups is 2. The van der Waals surface area contributed by atoms with Crippen LogP contribution in [0.3, 0.4) is 0 Å².